The van der Waals surface area contributed by atoms with Gasteiger partial charge in [-0.2, -0.15) is 0 Å². The van der Waals surface area contributed by atoms with Crippen molar-refractivity contribution >= 4 is 17.9 Å². The van der Waals surface area contributed by atoms with Gasteiger partial charge < -0.3 is 34.3 Å². The molecule has 0 radical (unpaired) electrons. The van der Waals surface area contributed by atoms with Crippen LogP contribution in [0.1, 0.15) is 34.1 Å². The zero-order chi connectivity index (χ0) is 21.8. The number of aliphatic hydroxyl groups excluding tert-OH is 2. The molecule has 0 aromatic rings. The highest BCUT2D eigenvalue weighted by Gasteiger charge is 3.02. The summed E-state index contributed by atoms with van der Waals surface area (Å²) in [7, 11) is 0. The number of hydrogen-bond acceptors (Lipinski definition) is 10. The fourth-order valence-corrected chi connectivity index (χ4v) is 8.22. The average molecular weight is 424 g/mol. The molecule has 0 bridgehead atoms. The standard InChI is InChI=1S/C20H24O10/c1-6-12(23)27-7-5-17-11-8(21)9(16(2,3)4)18(17)10(22)13(24)29-15(18)30-20(17,14(25)28-11)19(6,7)26/h6-11,15,21-22,26H,5H2,1-4H3/t6-,7+,8-,9-,10+,11+,15+,17?,18+,19-,20+/m0/s1. The SMILES string of the molecule is C[C@H]1C(=O)O[C@@H]2CC34[C@@H]5OC(=O)[C@]3(O[C@H]3OC(=O)[C@@H](O)[C@]34[C@H](C(C)(C)C)[C@@H]5O)[C@@]21O. The van der Waals surface area contributed by atoms with E-state index in [0.29, 0.717) is 0 Å². The molecule has 10 nitrogen and oxygen atoms in total. The van der Waals surface area contributed by atoms with E-state index in [1.807, 2.05) is 20.8 Å². The number of fused-ring (bicyclic) bond motifs is 1. The lowest BCUT2D eigenvalue weighted by Gasteiger charge is -2.46. The van der Waals surface area contributed by atoms with E-state index in [2.05, 4.69) is 0 Å². The number of carbonyl (C=O) groups excluding carboxylic acids is 3. The molecular formula is C20H24O10. The molecule has 4 heterocycles. The molecule has 6 aliphatic rings. The maximum atomic E-state index is 13.4. The number of esters is 3. The Morgan fingerprint density at radius 2 is 1.70 bits per heavy atom. The number of rotatable bonds is 0. The fourth-order valence-electron chi connectivity index (χ4n) is 8.22. The summed E-state index contributed by atoms with van der Waals surface area (Å²) < 4.78 is 22.6. The maximum Gasteiger partial charge on any atom is 0.342 e. The van der Waals surface area contributed by atoms with Crippen molar-refractivity contribution in [2.45, 2.75) is 76.0 Å². The van der Waals surface area contributed by atoms with Crippen LogP contribution < -0.4 is 0 Å². The Morgan fingerprint density at radius 3 is 2.33 bits per heavy atom. The Bertz CT molecular complexity index is 925. The van der Waals surface area contributed by atoms with Crippen LogP contribution in [0.5, 0.6) is 0 Å². The summed E-state index contributed by atoms with van der Waals surface area (Å²) >= 11 is 0. The highest BCUT2D eigenvalue weighted by Crippen LogP contribution is 2.84. The lowest BCUT2D eigenvalue weighted by molar-refractivity contribution is -0.239. The number of ether oxygens (including phenoxy) is 4. The first kappa shape index (κ1) is 19.0. The molecule has 0 aromatic heterocycles. The van der Waals surface area contributed by atoms with Crippen molar-refractivity contribution in [1.82, 2.24) is 0 Å². The van der Waals surface area contributed by atoms with Crippen molar-refractivity contribution in [3.63, 3.8) is 0 Å². The Hall–Kier alpha value is -1.75. The number of carbonyl (C=O) groups is 3. The minimum atomic E-state index is -2.12. The average Bonchev–Trinajstić information content (AvgIpc) is 3.32. The van der Waals surface area contributed by atoms with E-state index in [0.717, 1.165) is 0 Å². The molecule has 6 rings (SSSR count). The summed E-state index contributed by atoms with van der Waals surface area (Å²) in [4.78, 5) is 38.2. The molecule has 11 atom stereocenters. The van der Waals surface area contributed by atoms with Gasteiger partial charge in [0.15, 0.2) is 11.7 Å². The molecule has 10 heteroatoms. The molecule has 6 fully saturated rings. The van der Waals surface area contributed by atoms with Crippen LogP contribution in [0.25, 0.3) is 0 Å². The van der Waals surface area contributed by atoms with Gasteiger partial charge in [-0.25, -0.2) is 9.59 Å². The minimum Gasteiger partial charge on any atom is -0.459 e. The van der Waals surface area contributed by atoms with Gasteiger partial charge in [-0.3, -0.25) is 4.79 Å². The van der Waals surface area contributed by atoms with E-state index in [-0.39, 0.29) is 6.42 Å². The molecule has 0 amide bonds. The van der Waals surface area contributed by atoms with Gasteiger partial charge in [-0.15, -0.1) is 0 Å². The van der Waals surface area contributed by atoms with E-state index >= 15 is 0 Å². The number of aliphatic hydroxyl groups is 3. The van der Waals surface area contributed by atoms with Gasteiger partial charge in [0, 0.05) is 12.3 Å². The van der Waals surface area contributed by atoms with Crippen LogP contribution in [0, 0.1) is 28.1 Å². The van der Waals surface area contributed by atoms with Crippen molar-refractivity contribution in [2.24, 2.45) is 28.1 Å². The predicted molar refractivity (Wildman–Crippen MR) is 92.0 cm³/mol. The fraction of sp³-hybridized carbons (Fsp3) is 0.850. The summed E-state index contributed by atoms with van der Waals surface area (Å²) in [6, 6.07) is 0. The molecule has 3 N–H and O–H groups in total. The molecule has 30 heavy (non-hydrogen) atoms. The third kappa shape index (κ3) is 1.35. The maximum absolute atomic E-state index is 13.4. The summed E-state index contributed by atoms with van der Waals surface area (Å²) in [5.41, 5.74) is -7.95. The first-order valence-corrected chi connectivity index (χ1v) is 10.2. The minimum absolute atomic E-state index is 0.107. The Morgan fingerprint density at radius 1 is 1.03 bits per heavy atom. The third-order valence-corrected chi connectivity index (χ3v) is 8.91. The topological polar surface area (TPSA) is 149 Å². The third-order valence-electron chi connectivity index (χ3n) is 8.91. The van der Waals surface area contributed by atoms with Crippen LogP contribution in [-0.2, 0) is 33.3 Å². The van der Waals surface area contributed by atoms with Crippen LogP contribution in [0.4, 0.5) is 0 Å². The van der Waals surface area contributed by atoms with Gasteiger partial charge in [-0.1, -0.05) is 20.8 Å². The van der Waals surface area contributed by atoms with Crippen molar-refractivity contribution in [3.8, 4) is 0 Å². The summed E-state index contributed by atoms with van der Waals surface area (Å²) in [5.74, 6) is -4.43. The van der Waals surface area contributed by atoms with Gasteiger partial charge in [-0.05, 0) is 12.3 Å². The normalized spacial score (nSPS) is 60.1. The second kappa shape index (κ2) is 4.69. The molecule has 2 saturated carbocycles. The van der Waals surface area contributed by atoms with Crippen molar-refractivity contribution in [1.29, 1.82) is 0 Å². The molecular weight excluding hydrogens is 400 g/mol. The smallest absolute Gasteiger partial charge is 0.342 e. The van der Waals surface area contributed by atoms with E-state index in [9.17, 15) is 29.7 Å². The van der Waals surface area contributed by atoms with E-state index in [1.165, 1.54) is 6.92 Å². The second-order valence-electron chi connectivity index (χ2n) is 10.7. The first-order valence-electron chi connectivity index (χ1n) is 10.2. The zero-order valence-electron chi connectivity index (χ0n) is 16.9. The van der Waals surface area contributed by atoms with Crippen LogP contribution in [0.3, 0.4) is 0 Å². The van der Waals surface area contributed by atoms with Gasteiger partial charge in [0.1, 0.15) is 12.2 Å². The first-order chi connectivity index (χ1) is 13.8. The highest BCUT2D eigenvalue weighted by molar-refractivity contribution is 5.93. The largest absolute Gasteiger partial charge is 0.459 e. The molecule has 4 saturated heterocycles. The summed E-state index contributed by atoms with van der Waals surface area (Å²) in [5, 5.41) is 34.4. The molecule has 1 unspecified atom stereocenters. The molecule has 2 spiro atoms. The van der Waals surface area contributed by atoms with Crippen LogP contribution in [0.2, 0.25) is 0 Å². The van der Waals surface area contributed by atoms with E-state index < -0.39 is 87.9 Å². The van der Waals surface area contributed by atoms with E-state index in [4.69, 9.17) is 18.9 Å². The Labute approximate surface area is 171 Å². The van der Waals surface area contributed by atoms with Crippen molar-refractivity contribution in [2.75, 3.05) is 0 Å². The van der Waals surface area contributed by atoms with Crippen LogP contribution in [0.15, 0.2) is 0 Å². The zero-order valence-corrected chi connectivity index (χ0v) is 16.9. The van der Waals surface area contributed by atoms with Crippen LogP contribution >= 0.6 is 0 Å². The predicted octanol–water partition coefficient (Wildman–Crippen LogP) is -1.37. The van der Waals surface area contributed by atoms with Gasteiger partial charge in [0.25, 0.3) is 0 Å². The Balaban J connectivity index is 1.71. The van der Waals surface area contributed by atoms with Crippen molar-refractivity contribution in [3.05, 3.63) is 0 Å². The molecule has 4 aliphatic heterocycles. The highest BCUT2D eigenvalue weighted by atomic mass is 16.8. The molecule has 0 aromatic carbocycles. The summed E-state index contributed by atoms with van der Waals surface area (Å²) in [6.45, 7) is 6.97. The monoisotopic (exact) mass is 424 g/mol. The number of hydrogen-bond donors (Lipinski definition) is 3. The molecule has 2 aliphatic carbocycles. The lowest BCUT2D eigenvalue weighted by Crippen LogP contribution is -2.66. The van der Waals surface area contributed by atoms with Crippen LogP contribution in [-0.4, -0.2) is 75.1 Å². The van der Waals surface area contributed by atoms with E-state index in [1.54, 1.807) is 0 Å². The van der Waals surface area contributed by atoms with Crippen molar-refractivity contribution < 1.29 is 48.7 Å². The second-order valence-corrected chi connectivity index (χ2v) is 10.7. The van der Waals surface area contributed by atoms with Gasteiger partial charge in [0.2, 0.25) is 11.9 Å². The van der Waals surface area contributed by atoms with Gasteiger partial charge >= 0.3 is 17.9 Å². The quantitative estimate of drug-likeness (QED) is 0.314. The Kier molecular flexibility index (Phi) is 2.97. The van der Waals surface area contributed by atoms with Gasteiger partial charge in [0.05, 0.1) is 22.9 Å². The lowest BCUT2D eigenvalue weighted by atomic mass is 9.51. The molecule has 164 valence electrons. The summed E-state index contributed by atoms with van der Waals surface area (Å²) in [6.07, 6.45) is -6.73.